The van der Waals surface area contributed by atoms with Gasteiger partial charge in [0, 0.05) is 70.6 Å². The van der Waals surface area contributed by atoms with Crippen molar-refractivity contribution in [2.45, 2.75) is 13.3 Å². The minimum absolute atomic E-state index is 0.330. The van der Waals surface area contributed by atoms with Crippen molar-refractivity contribution in [3.8, 4) is 0 Å². The van der Waals surface area contributed by atoms with E-state index in [1.54, 1.807) is 6.92 Å². The van der Waals surface area contributed by atoms with Gasteiger partial charge in [0.25, 0.3) is 0 Å². The zero-order valence-corrected chi connectivity index (χ0v) is 20.6. The molecule has 9 heteroatoms. The van der Waals surface area contributed by atoms with Crippen LogP contribution in [0.25, 0.3) is 12.2 Å². The first kappa shape index (κ1) is 25.0. The molecule has 0 unspecified atom stereocenters. The molecule has 35 heavy (non-hydrogen) atoms. The lowest BCUT2D eigenvalue weighted by Crippen LogP contribution is -2.49. The molecule has 0 radical (unpaired) electrons. The Labute approximate surface area is 207 Å². The average molecular weight is 477 g/mol. The summed E-state index contributed by atoms with van der Waals surface area (Å²) in [6.45, 7) is 11.5. The molecule has 1 aromatic carbocycles. The molecule has 2 aliphatic heterocycles. The van der Waals surface area contributed by atoms with Crippen molar-refractivity contribution in [2.75, 3.05) is 70.5 Å². The Morgan fingerprint density at radius 2 is 1.69 bits per heavy atom. The predicted molar refractivity (Wildman–Crippen MR) is 143 cm³/mol. The van der Waals surface area contributed by atoms with Crippen LogP contribution in [0.5, 0.6) is 0 Å². The monoisotopic (exact) mass is 476 g/mol. The number of ether oxygens (including phenoxy) is 1. The van der Waals surface area contributed by atoms with Gasteiger partial charge in [0.05, 0.1) is 13.2 Å². The Balaban J connectivity index is 1.45. The molecule has 2 saturated heterocycles. The van der Waals surface area contributed by atoms with Crippen LogP contribution in [0.2, 0.25) is 0 Å². The zero-order chi connectivity index (χ0) is 24.5. The lowest BCUT2D eigenvalue weighted by Gasteiger charge is -2.37. The van der Waals surface area contributed by atoms with E-state index in [2.05, 4.69) is 24.7 Å². The van der Waals surface area contributed by atoms with Gasteiger partial charge in [-0.3, -0.25) is 9.80 Å². The van der Waals surface area contributed by atoms with Gasteiger partial charge in [-0.25, -0.2) is 15.0 Å². The van der Waals surface area contributed by atoms with Gasteiger partial charge in [-0.15, -0.1) is 0 Å². The van der Waals surface area contributed by atoms with Crippen molar-refractivity contribution in [3.05, 3.63) is 47.8 Å². The van der Waals surface area contributed by atoms with E-state index >= 15 is 0 Å². The van der Waals surface area contributed by atoms with Crippen LogP contribution in [0, 0.1) is 5.41 Å². The summed E-state index contributed by atoms with van der Waals surface area (Å²) >= 11 is 0. The minimum Gasteiger partial charge on any atom is -0.387 e. The number of nitrogens with zero attached hydrogens (tertiary/aromatic N) is 6. The summed E-state index contributed by atoms with van der Waals surface area (Å²) < 4.78 is 5.45. The Hall–Kier alpha value is -3.14. The SMILES string of the molecule is CC(=N)CC(N)=Nc1cc(N2CCN(CCN3CCOCC3)CC2)nc(/C=C/c2ccccc2)n1. The van der Waals surface area contributed by atoms with E-state index in [1.807, 2.05) is 48.6 Å². The number of amidine groups is 1. The molecule has 2 aromatic rings. The third-order valence-corrected chi connectivity index (χ3v) is 6.18. The highest BCUT2D eigenvalue weighted by molar-refractivity contribution is 6.01. The quantitative estimate of drug-likeness (QED) is 0.423. The smallest absolute Gasteiger partial charge is 0.160 e. The van der Waals surface area contributed by atoms with Crippen molar-refractivity contribution >= 4 is 35.3 Å². The number of piperazine rings is 1. The van der Waals surface area contributed by atoms with Gasteiger partial charge in [-0.1, -0.05) is 36.4 Å². The highest BCUT2D eigenvalue weighted by Crippen LogP contribution is 2.21. The molecule has 2 aliphatic rings. The maximum Gasteiger partial charge on any atom is 0.160 e. The Kier molecular flexibility index (Phi) is 8.94. The molecule has 2 fully saturated rings. The molecule has 0 bridgehead atoms. The van der Waals surface area contributed by atoms with Crippen LogP contribution in [-0.2, 0) is 4.74 Å². The highest BCUT2D eigenvalue weighted by Gasteiger charge is 2.20. The third-order valence-electron chi connectivity index (χ3n) is 6.18. The number of aliphatic imine (C=N–C) groups is 1. The van der Waals surface area contributed by atoms with Crippen LogP contribution >= 0.6 is 0 Å². The summed E-state index contributed by atoms with van der Waals surface area (Å²) in [7, 11) is 0. The number of benzene rings is 1. The second kappa shape index (κ2) is 12.5. The Morgan fingerprint density at radius 1 is 1.00 bits per heavy atom. The van der Waals surface area contributed by atoms with Gasteiger partial charge in [0.1, 0.15) is 11.7 Å². The van der Waals surface area contributed by atoms with Gasteiger partial charge in [-0.2, -0.15) is 0 Å². The lowest BCUT2D eigenvalue weighted by molar-refractivity contribution is 0.0331. The maximum atomic E-state index is 7.69. The molecular formula is C26H36N8O. The first-order valence-corrected chi connectivity index (χ1v) is 12.3. The van der Waals surface area contributed by atoms with Crippen LogP contribution in [0.4, 0.5) is 11.6 Å². The van der Waals surface area contributed by atoms with Crippen LogP contribution < -0.4 is 10.6 Å². The Morgan fingerprint density at radius 3 is 2.37 bits per heavy atom. The number of hydrogen-bond donors (Lipinski definition) is 2. The number of morpholine rings is 1. The first-order chi connectivity index (χ1) is 17.0. The molecule has 0 atom stereocenters. The number of nitrogens with one attached hydrogen (secondary N) is 1. The van der Waals surface area contributed by atoms with E-state index in [9.17, 15) is 0 Å². The highest BCUT2D eigenvalue weighted by atomic mass is 16.5. The predicted octanol–water partition coefficient (Wildman–Crippen LogP) is 2.52. The third kappa shape index (κ3) is 7.95. The molecular weight excluding hydrogens is 440 g/mol. The van der Waals surface area contributed by atoms with Crippen molar-refractivity contribution in [3.63, 3.8) is 0 Å². The average Bonchev–Trinajstić information content (AvgIpc) is 2.87. The molecule has 4 rings (SSSR count). The molecule has 3 heterocycles. The van der Waals surface area contributed by atoms with Crippen molar-refractivity contribution in [1.82, 2.24) is 19.8 Å². The molecule has 9 nitrogen and oxygen atoms in total. The minimum atomic E-state index is 0.330. The summed E-state index contributed by atoms with van der Waals surface area (Å²) in [6, 6.07) is 12.0. The van der Waals surface area contributed by atoms with Crippen molar-refractivity contribution in [2.24, 2.45) is 10.7 Å². The fraction of sp³-hybridized carbons (Fsp3) is 0.462. The van der Waals surface area contributed by atoms with Crippen LogP contribution in [0.1, 0.15) is 24.7 Å². The van der Waals surface area contributed by atoms with Crippen LogP contribution in [0.15, 0.2) is 41.4 Å². The summed E-state index contributed by atoms with van der Waals surface area (Å²) in [5, 5.41) is 7.69. The topological polar surface area (TPSA) is 107 Å². The van der Waals surface area contributed by atoms with Crippen molar-refractivity contribution in [1.29, 1.82) is 5.41 Å². The van der Waals surface area contributed by atoms with Gasteiger partial charge in [0.2, 0.25) is 0 Å². The Bertz CT molecular complexity index is 1020. The van der Waals surface area contributed by atoms with E-state index in [0.717, 1.165) is 77.0 Å². The normalized spacial score (nSPS) is 18.3. The number of nitrogens with two attached hydrogens (primary N) is 1. The lowest BCUT2D eigenvalue weighted by atomic mass is 10.2. The summed E-state index contributed by atoms with van der Waals surface area (Å²) in [6.07, 6.45) is 4.24. The summed E-state index contributed by atoms with van der Waals surface area (Å²) in [5.74, 6) is 2.36. The van der Waals surface area contributed by atoms with E-state index in [0.29, 0.717) is 29.6 Å². The molecule has 3 N–H and O–H groups in total. The fourth-order valence-electron chi connectivity index (χ4n) is 4.23. The molecule has 1 aromatic heterocycles. The number of hydrogen-bond acceptors (Lipinski definition) is 8. The molecule has 0 saturated carbocycles. The van der Waals surface area contributed by atoms with Crippen LogP contribution in [0.3, 0.4) is 0 Å². The van der Waals surface area contributed by atoms with Gasteiger partial charge < -0.3 is 20.8 Å². The number of aromatic nitrogens is 2. The van der Waals surface area contributed by atoms with Gasteiger partial charge in [-0.05, 0) is 18.6 Å². The number of rotatable bonds is 9. The first-order valence-electron chi connectivity index (χ1n) is 12.3. The largest absolute Gasteiger partial charge is 0.387 e. The fourth-order valence-corrected chi connectivity index (χ4v) is 4.23. The molecule has 0 amide bonds. The van der Waals surface area contributed by atoms with Gasteiger partial charge in [0.15, 0.2) is 11.6 Å². The van der Waals surface area contributed by atoms with Crippen molar-refractivity contribution < 1.29 is 4.74 Å². The molecule has 0 spiro atoms. The zero-order valence-electron chi connectivity index (χ0n) is 20.6. The standard InChI is InChI=1S/C26H36N8O/c1-21(27)19-23(28)29-25-20-26(31-24(30-25)8-7-22-5-3-2-4-6-22)34-13-11-32(12-14-34)9-10-33-15-17-35-18-16-33/h2-8,20,27H,9-19H2,1H3,(H2,28,29,30,31)/b8-7+,27-21?. The molecule has 0 aliphatic carbocycles. The van der Waals surface area contributed by atoms with E-state index in [-0.39, 0.29) is 0 Å². The second-order valence-corrected chi connectivity index (χ2v) is 9.03. The van der Waals surface area contributed by atoms with E-state index < -0.39 is 0 Å². The molecule has 186 valence electrons. The summed E-state index contributed by atoms with van der Waals surface area (Å²) in [5.41, 5.74) is 7.62. The van der Waals surface area contributed by atoms with E-state index in [1.165, 1.54) is 0 Å². The number of anilines is 1. The van der Waals surface area contributed by atoms with Crippen LogP contribution in [-0.4, -0.2) is 96.9 Å². The van der Waals surface area contributed by atoms with E-state index in [4.69, 9.17) is 20.9 Å². The maximum absolute atomic E-state index is 7.69. The van der Waals surface area contributed by atoms with Gasteiger partial charge >= 0.3 is 0 Å². The summed E-state index contributed by atoms with van der Waals surface area (Å²) in [4.78, 5) is 21.2. The second-order valence-electron chi connectivity index (χ2n) is 9.03.